The van der Waals surface area contributed by atoms with Crippen molar-refractivity contribution in [2.24, 2.45) is 0 Å². The second-order valence-electron chi connectivity index (χ2n) is 6.42. The van der Waals surface area contributed by atoms with Crippen molar-refractivity contribution < 1.29 is 14.3 Å². The van der Waals surface area contributed by atoms with Crippen molar-refractivity contribution in [2.45, 2.75) is 20.8 Å². The van der Waals surface area contributed by atoms with Gasteiger partial charge in [-0.15, -0.1) is 0 Å². The van der Waals surface area contributed by atoms with Gasteiger partial charge in [-0.3, -0.25) is 14.5 Å². The monoisotopic (exact) mass is 448 g/mol. The number of thioether (sulfide) groups is 1. The van der Waals surface area contributed by atoms with E-state index in [-0.39, 0.29) is 17.7 Å². The molecule has 0 unspecified atom stereocenters. The number of carbonyl (C=O) groups is 2. The molecule has 142 valence electrons. The Morgan fingerprint density at radius 3 is 2.59 bits per heavy atom. The molecule has 3 rings (SSSR count). The molecule has 7 heteroatoms. The third kappa shape index (κ3) is 3.90. The van der Waals surface area contributed by atoms with Gasteiger partial charge in [0.1, 0.15) is 0 Å². The number of methoxy groups -OCH3 is 1. The van der Waals surface area contributed by atoms with E-state index in [4.69, 9.17) is 4.74 Å². The van der Waals surface area contributed by atoms with Crippen molar-refractivity contribution in [3.8, 4) is 5.69 Å². The van der Waals surface area contributed by atoms with Crippen LogP contribution < -0.4 is 0 Å². The number of hydrogen-bond acceptors (Lipinski definition) is 4. The normalized spacial score (nSPS) is 16.0. The Morgan fingerprint density at radius 1 is 1.19 bits per heavy atom. The van der Waals surface area contributed by atoms with Gasteiger partial charge in [0.2, 0.25) is 0 Å². The Balaban J connectivity index is 1.95. The number of nitrogens with zero attached hydrogens (tertiary/aromatic N) is 2. The van der Waals surface area contributed by atoms with Crippen LogP contribution in [0.25, 0.3) is 11.8 Å². The molecule has 0 N–H and O–H groups in total. The van der Waals surface area contributed by atoms with Crippen LogP contribution in [0.2, 0.25) is 0 Å². The van der Waals surface area contributed by atoms with Gasteiger partial charge in [-0.05, 0) is 74.0 Å². The number of benzene rings is 1. The molecule has 1 saturated heterocycles. The van der Waals surface area contributed by atoms with E-state index in [0.29, 0.717) is 11.5 Å². The molecule has 5 nitrogen and oxygen atoms in total. The number of aromatic nitrogens is 1. The molecule has 27 heavy (non-hydrogen) atoms. The third-order valence-electron chi connectivity index (χ3n) is 4.55. The topological polar surface area (TPSA) is 51.5 Å². The maximum Gasteiger partial charge on any atom is 0.293 e. The number of amides is 2. The first-order valence-corrected chi connectivity index (χ1v) is 10.1. The van der Waals surface area contributed by atoms with Crippen LogP contribution in [0.4, 0.5) is 4.79 Å². The van der Waals surface area contributed by atoms with Crippen LogP contribution in [-0.2, 0) is 9.53 Å². The lowest BCUT2D eigenvalue weighted by atomic mass is 10.2. The van der Waals surface area contributed by atoms with Crippen LogP contribution >= 0.6 is 27.7 Å². The summed E-state index contributed by atoms with van der Waals surface area (Å²) in [6.07, 6.45) is 1.81. The first-order valence-electron chi connectivity index (χ1n) is 8.53. The largest absolute Gasteiger partial charge is 0.383 e. The summed E-state index contributed by atoms with van der Waals surface area (Å²) in [5.74, 6) is -0.258. The Labute approximate surface area is 171 Å². The highest BCUT2D eigenvalue weighted by Crippen LogP contribution is 2.33. The fraction of sp³-hybridized carbons (Fsp3) is 0.300. The second-order valence-corrected chi connectivity index (χ2v) is 8.27. The molecule has 0 radical (unpaired) electrons. The van der Waals surface area contributed by atoms with Crippen LogP contribution in [0.3, 0.4) is 0 Å². The van der Waals surface area contributed by atoms with Gasteiger partial charge in [-0.2, -0.15) is 0 Å². The van der Waals surface area contributed by atoms with Crippen molar-refractivity contribution in [2.75, 3.05) is 20.3 Å². The minimum atomic E-state index is -0.258. The van der Waals surface area contributed by atoms with Crippen LogP contribution in [-0.4, -0.2) is 40.9 Å². The zero-order chi connectivity index (χ0) is 19.7. The van der Waals surface area contributed by atoms with E-state index in [1.807, 2.05) is 32.1 Å². The number of halogens is 1. The van der Waals surface area contributed by atoms with E-state index < -0.39 is 0 Å². The van der Waals surface area contributed by atoms with Gasteiger partial charge in [0.25, 0.3) is 11.1 Å². The molecule has 0 aliphatic carbocycles. The molecular weight excluding hydrogens is 428 g/mol. The molecule has 0 saturated carbocycles. The van der Waals surface area contributed by atoms with Crippen molar-refractivity contribution in [3.63, 3.8) is 0 Å². The van der Waals surface area contributed by atoms with Crippen LogP contribution in [0.15, 0.2) is 33.6 Å². The fourth-order valence-electron chi connectivity index (χ4n) is 3.12. The summed E-state index contributed by atoms with van der Waals surface area (Å²) < 4.78 is 8.20. The smallest absolute Gasteiger partial charge is 0.293 e. The predicted octanol–water partition coefficient (Wildman–Crippen LogP) is 4.85. The number of rotatable bonds is 5. The molecule has 1 fully saturated rings. The zero-order valence-corrected chi connectivity index (χ0v) is 18.1. The predicted molar refractivity (Wildman–Crippen MR) is 112 cm³/mol. The summed E-state index contributed by atoms with van der Waals surface area (Å²) in [5.41, 5.74) is 5.25. The molecule has 0 spiro atoms. The number of carbonyl (C=O) groups excluding carboxylic acids is 2. The summed E-state index contributed by atoms with van der Waals surface area (Å²) in [7, 11) is 1.55. The van der Waals surface area contributed by atoms with Gasteiger partial charge in [-0.25, -0.2) is 0 Å². The lowest BCUT2D eigenvalue weighted by Gasteiger charge is -2.11. The quantitative estimate of drug-likeness (QED) is 0.613. The average Bonchev–Trinajstić information content (AvgIpc) is 3.05. The summed E-state index contributed by atoms with van der Waals surface area (Å²) in [5, 5.41) is -0.249. The molecule has 2 amide bonds. The van der Waals surface area contributed by atoms with E-state index in [2.05, 4.69) is 39.6 Å². The van der Waals surface area contributed by atoms with Gasteiger partial charge in [0.05, 0.1) is 18.1 Å². The van der Waals surface area contributed by atoms with E-state index in [0.717, 1.165) is 44.4 Å². The lowest BCUT2D eigenvalue weighted by molar-refractivity contribution is -0.123. The second kappa shape index (κ2) is 8.04. The number of ether oxygens (including phenoxy) is 1. The molecule has 1 aromatic carbocycles. The first-order chi connectivity index (χ1) is 12.8. The van der Waals surface area contributed by atoms with Gasteiger partial charge in [-0.1, -0.05) is 15.9 Å². The molecule has 1 aliphatic rings. The summed E-state index contributed by atoms with van der Waals surface area (Å²) in [6.45, 7) is 6.72. The van der Waals surface area contributed by atoms with E-state index >= 15 is 0 Å². The number of aryl methyl sites for hydroxylation is 2. The van der Waals surface area contributed by atoms with Crippen molar-refractivity contribution in [1.82, 2.24) is 9.47 Å². The standard InChI is InChI=1S/C20H21BrN2O3S/c1-12-9-16(5-6-17(12)21)23-13(2)10-15(14(23)3)11-18-19(24)22(7-8-26-4)20(25)27-18/h5-6,9-11H,7-8H2,1-4H3/b18-11+. The highest BCUT2D eigenvalue weighted by Gasteiger charge is 2.34. The minimum Gasteiger partial charge on any atom is -0.383 e. The van der Waals surface area contributed by atoms with Gasteiger partial charge in [0, 0.05) is 28.7 Å². The van der Waals surface area contributed by atoms with Crippen molar-refractivity contribution >= 4 is 44.9 Å². The lowest BCUT2D eigenvalue weighted by Crippen LogP contribution is -2.31. The van der Waals surface area contributed by atoms with Crippen LogP contribution in [0.1, 0.15) is 22.5 Å². The van der Waals surface area contributed by atoms with E-state index in [1.54, 1.807) is 7.11 Å². The molecule has 0 atom stereocenters. The molecule has 2 aromatic rings. The zero-order valence-electron chi connectivity index (χ0n) is 15.7. The summed E-state index contributed by atoms with van der Waals surface area (Å²) >= 11 is 4.51. The molecule has 2 heterocycles. The highest BCUT2D eigenvalue weighted by atomic mass is 79.9. The molecule has 1 aliphatic heterocycles. The Hall–Kier alpha value is -1.83. The number of hydrogen-bond donors (Lipinski definition) is 0. The Morgan fingerprint density at radius 2 is 1.93 bits per heavy atom. The van der Waals surface area contributed by atoms with Gasteiger partial charge in [0.15, 0.2) is 0 Å². The van der Waals surface area contributed by atoms with Crippen LogP contribution in [0.5, 0.6) is 0 Å². The van der Waals surface area contributed by atoms with Crippen molar-refractivity contribution in [1.29, 1.82) is 0 Å². The maximum absolute atomic E-state index is 12.5. The highest BCUT2D eigenvalue weighted by molar-refractivity contribution is 9.10. The third-order valence-corrected chi connectivity index (χ3v) is 6.35. The number of imide groups is 1. The molecular formula is C20H21BrN2O3S. The average molecular weight is 449 g/mol. The Bertz CT molecular complexity index is 949. The van der Waals surface area contributed by atoms with E-state index in [1.165, 1.54) is 4.90 Å². The fourth-order valence-corrected chi connectivity index (χ4v) is 4.22. The SMILES string of the molecule is COCCN1C(=O)S/C(=C/c2cc(C)n(-c3ccc(Br)c(C)c3)c2C)C1=O. The van der Waals surface area contributed by atoms with Crippen LogP contribution in [0, 0.1) is 20.8 Å². The maximum atomic E-state index is 12.5. The van der Waals surface area contributed by atoms with Gasteiger partial charge >= 0.3 is 0 Å². The first kappa shape index (κ1) is 19.9. The molecule has 0 bridgehead atoms. The van der Waals surface area contributed by atoms with E-state index in [9.17, 15) is 9.59 Å². The van der Waals surface area contributed by atoms with Crippen molar-refractivity contribution in [3.05, 3.63) is 56.2 Å². The molecule has 1 aromatic heterocycles. The summed E-state index contributed by atoms with van der Waals surface area (Å²) in [4.78, 5) is 26.3. The Kier molecular flexibility index (Phi) is 5.93. The summed E-state index contributed by atoms with van der Waals surface area (Å²) in [6, 6.07) is 8.24. The minimum absolute atomic E-state index is 0.249. The van der Waals surface area contributed by atoms with Gasteiger partial charge < -0.3 is 9.30 Å².